The summed E-state index contributed by atoms with van der Waals surface area (Å²) in [5, 5.41) is 0. The van der Waals surface area contributed by atoms with E-state index in [1.165, 1.54) is 0 Å². The predicted octanol–water partition coefficient (Wildman–Crippen LogP) is 3.40. The average molecular weight is 391 g/mol. The minimum Gasteiger partial charge on any atom is -0.376 e. The molecule has 5 nitrogen and oxygen atoms in total. The second-order valence-electron chi connectivity index (χ2n) is 7.00. The van der Waals surface area contributed by atoms with Crippen LogP contribution in [0.2, 0.25) is 0 Å². The number of rotatable bonds is 10. The Labute approximate surface area is 161 Å². The molecule has 27 heavy (non-hydrogen) atoms. The van der Waals surface area contributed by atoms with Crippen LogP contribution in [0.5, 0.6) is 0 Å². The first-order valence-electron chi connectivity index (χ1n) is 9.13. The molecule has 1 saturated carbocycles. The van der Waals surface area contributed by atoms with E-state index in [0.29, 0.717) is 32.8 Å². The second kappa shape index (κ2) is 9.46. The number of hydrogen-bond acceptors (Lipinski definition) is 5. The van der Waals surface area contributed by atoms with E-state index in [-0.39, 0.29) is 17.9 Å². The maximum atomic E-state index is 11.5. The first-order chi connectivity index (χ1) is 13.0. The number of ether oxygens (including phenoxy) is 2. The molecule has 0 radical (unpaired) electrons. The topological polar surface area (TPSA) is 61.8 Å². The third kappa shape index (κ3) is 6.43. The number of hydrogen-bond donors (Lipinski definition) is 0. The Hall–Kier alpha value is -1.73. The van der Waals surface area contributed by atoms with Crippen molar-refractivity contribution in [2.75, 3.05) is 19.5 Å². The molecule has 0 saturated heterocycles. The SMILES string of the molecule is CS(=O)(=O)O[C@H]1C[C@H](COCc2ccccc2)[C@@H]1COCc1ccccc1. The highest BCUT2D eigenvalue weighted by Crippen LogP contribution is 2.38. The molecule has 0 aliphatic heterocycles. The summed E-state index contributed by atoms with van der Waals surface area (Å²) in [7, 11) is -3.48. The van der Waals surface area contributed by atoms with Crippen molar-refractivity contribution < 1.29 is 22.1 Å². The van der Waals surface area contributed by atoms with Gasteiger partial charge in [-0.25, -0.2) is 0 Å². The van der Waals surface area contributed by atoms with Gasteiger partial charge in [0, 0.05) is 5.92 Å². The minimum atomic E-state index is -3.48. The van der Waals surface area contributed by atoms with Gasteiger partial charge in [-0.3, -0.25) is 4.18 Å². The first kappa shape index (κ1) is 20.0. The predicted molar refractivity (Wildman–Crippen MR) is 104 cm³/mol. The van der Waals surface area contributed by atoms with E-state index in [2.05, 4.69) is 0 Å². The van der Waals surface area contributed by atoms with Crippen molar-refractivity contribution in [2.45, 2.75) is 25.7 Å². The molecule has 0 N–H and O–H groups in total. The molecular weight excluding hydrogens is 364 g/mol. The van der Waals surface area contributed by atoms with Gasteiger partial charge in [-0.05, 0) is 23.5 Å². The molecule has 0 amide bonds. The quantitative estimate of drug-likeness (QED) is 0.582. The summed E-state index contributed by atoms with van der Waals surface area (Å²) in [5.74, 6) is 0.246. The Balaban J connectivity index is 1.49. The highest BCUT2D eigenvalue weighted by Gasteiger charge is 2.43. The fourth-order valence-electron chi connectivity index (χ4n) is 3.32. The van der Waals surface area contributed by atoms with E-state index in [0.717, 1.165) is 17.4 Å². The van der Waals surface area contributed by atoms with E-state index in [9.17, 15) is 8.42 Å². The van der Waals surface area contributed by atoms with Crippen molar-refractivity contribution in [1.82, 2.24) is 0 Å². The van der Waals surface area contributed by atoms with Gasteiger partial charge in [0.15, 0.2) is 0 Å². The molecule has 1 fully saturated rings. The Morgan fingerprint density at radius 2 is 1.37 bits per heavy atom. The Morgan fingerprint density at radius 1 is 0.852 bits per heavy atom. The second-order valence-corrected chi connectivity index (χ2v) is 8.60. The van der Waals surface area contributed by atoms with Crippen LogP contribution in [0.3, 0.4) is 0 Å². The van der Waals surface area contributed by atoms with Crippen molar-refractivity contribution in [3.05, 3.63) is 71.8 Å². The van der Waals surface area contributed by atoms with Gasteiger partial charge >= 0.3 is 0 Å². The van der Waals surface area contributed by atoms with Gasteiger partial charge in [-0.2, -0.15) is 8.42 Å². The number of benzene rings is 2. The summed E-state index contributed by atoms with van der Waals surface area (Å²) in [4.78, 5) is 0. The van der Waals surface area contributed by atoms with Crippen LogP contribution in [0.15, 0.2) is 60.7 Å². The maximum absolute atomic E-state index is 11.5. The van der Waals surface area contributed by atoms with Crippen LogP contribution in [0.1, 0.15) is 17.5 Å². The lowest BCUT2D eigenvalue weighted by Crippen LogP contribution is -2.48. The zero-order valence-electron chi connectivity index (χ0n) is 15.5. The van der Waals surface area contributed by atoms with Gasteiger partial charge in [-0.1, -0.05) is 60.7 Å². The van der Waals surface area contributed by atoms with Crippen molar-refractivity contribution in [1.29, 1.82) is 0 Å². The third-order valence-corrected chi connectivity index (χ3v) is 5.38. The molecule has 6 heteroatoms. The third-order valence-electron chi connectivity index (χ3n) is 4.78. The van der Waals surface area contributed by atoms with Crippen LogP contribution < -0.4 is 0 Å². The fourth-order valence-corrected chi connectivity index (χ4v) is 3.99. The normalized spacial score (nSPS) is 22.3. The summed E-state index contributed by atoms with van der Waals surface area (Å²) >= 11 is 0. The van der Waals surface area contributed by atoms with Crippen LogP contribution >= 0.6 is 0 Å². The van der Waals surface area contributed by atoms with Gasteiger partial charge < -0.3 is 9.47 Å². The van der Waals surface area contributed by atoms with Crippen LogP contribution in [0.4, 0.5) is 0 Å². The fraction of sp³-hybridized carbons (Fsp3) is 0.429. The average Bonchev–Trinajstić information content (AvgIpc) is 2.64. The summed E-state index contributed by atoms with van der Waals surface area (Å²) in [6.07, 6.45) is 1.43. The monoisotopic (exact) mass is 390 g/mol. The van der Waals surface area contributed by atoms with Crippen LogP contribution in [0.25, 0.3) is 0 Å². The molecule has 2 aromatic rings. The molecule has 0 spiro atoms. The molecule has 0 aromatic heterocycles. The highest BCUT2D eigenvalue weighted by molar-refractivity contribution is 7.86. The van der Waals surface area contributed by atoms with Crippen LogP contribution in [-0.4, -0.2) is 34.0 Å². The van der Waals surface area contributed by atoms with E-state index >= 15 is 0 Å². The smallest absolute Gasteiger partial charge is 0.264 e. The van der Waals surface area contributed by atoms with Gasteiger partial charge in [0.1, 0.15) is 0 Å². The van der Waals surface area contributed by atoms with Crippen LogP contribution in [0, 0.1) is 11.8 Å². The van der Waals surface area contributed by atoms with Gasteiger partial charge in [0.25, 0.3) is 10.1 Å². The molecule has 1 aliphatic rings. The summed E-state index contributed by atoms with van der Waals surface area (Å²) < 4.78 is 39.9. The highest BCUT2D eigenvalue weighted by atomic mass is 32.2. The van der Waals surface area contributed by atoms with Crippen molar-refractivity contribution in [3.63, 3.8) is 0 Å². The first-order valence-corrected chi connectivity index (χ1v) is 10.9. The Morgan fingerprint density at radius 3 is 1.89 bits per heavy atom. The molecule has 2 aromatic carbocycles. The minimum absolute atomic E-state index is 0.0132. The molecule has 146 valence electrons. The van der Waals surface area contributed by atoms with E-state index < -0.39 is 10.1 Å². The lowest BCUT2D eigenvalue weighted by Gasteiger charge is -2.43. The lowest BCUT2D eigenvalue weighted by molar-refractivity contribution is -0.0929. The zero-order valence-corrected chi connectivity index (χ0v) is 16.3. The summed E-state index contributed by atoms with van der Waals surface area (Å²) in [6, 6.07) is 19.9. The van der Waals surface area contributed by atoms with Crippen molar-refractivity contribution in [2.24, 2.45) is 11.8 Å². The largest absolute Gasteiger partial charge is 0.376 e. The van der Waals surface area contributed by atoms with E-state index in [1.54, 1.807) is 0 Å². The van der Waals surface area contributed by atoms with Gasteiger partial charge in [0.05, 0.1) is 38.8 Å². The molecule has 0 unspecified atom stereocenters. The zero-order chi connectivity index (χ0) is 19.1. The van der Waals surface area contributed by atoms with E-state index in [1.807, 2.05) is 60.7 Å². The Kier molecular flexibility index (Phi) is 7.01. The molecule has 3 atom stereocenters. The standard InChI is InChI=1S/C21H26O5S/c1-27(22,23)26-21-12-19(15-24-13-17-8-4-2-5-9-17)20(21)16-25-14-18-10-6-3-7-11-18/h2-11,19-21H,12-16H2,1H3/t19-,20+,21+/m1/s1. The molecule has 0 heterocycles. The lowest BCUT2D eigenvalue weighted by atomic mass is 9.72. The molecule has 0 bridgehead atoms. The molecule has 3 rings (SSSR count). The van der Waals surface area contributed by atoms with E-state index in [4.69, 9.17) is 13.7 Å². The summed E-state index contributed by atoms with van der Waals surface area (Å²) in [6.45, 7) is 2.07. The van der Waals surface area contributed by atoms with Crippen molar-refractivity contribution >= 4 is 10.1 Å². The van der Waals surface area contributed by atoms with Crippen molar-refractivity contribution in [3.8, 4) is 0 Å². The molecular formula is C21H26O5S. The molecule has 1 aliphatic carbocycles. The maximum Gasteiger partial charge on any atom is 0.264 e. The van der Waals surface area contributed by atoms with Crippen LogP contribution in [-0.2, 0) is 37.0 Å². The Bertz CT molecular complexity index is 792. The van der Waals surface area contributed by atoms with Gasteiger partial charge in [-0.15, -0.1) is 0 Å². The van der Waals surface area contributed by atoms with Gasteiger partial charge in [0.2, 0.25) is 0 Å². The summed E-state index contributed by atoms with van der Waals surface area (Å²) in [5.41, 5.74) is 2.21.